The summed E-state index contributed by atoms with van der Waals surface area (Å²) in [7, 11) is 0. The van der Waals surface area contributed by atoms with E-state index in [1.165, 1.54) is 0 Å². The van der Waals surface area contributed by atoms with Gasteiger partial charge in [-0.15, -0.1) is 5.10 Å². The molecule has 7 heteroatoms. The molecule has 1 heterocycles. The van der Waals surface area contributed by atoms with E-state index in [0.717, 1.165) is 33.5 Å². The van der Waals surface area contributed by atoms with Crippen LogP contribution in [0.3, 0.4) is 0 Å². The van der Waals surface area contributed by atoms with E-state index in [-0.39, 0.29) is 12.5 Å². The first kappa shape index (κ1) is 18.0. The van der Waals surface area contributed by atoms with Crippen molar-refractivity contribution in [3.63, 3.8) is 0 Å². The van der Waals surface area contributed by atoms with Crippen LogP contribution in [0.15, 0.2) is 53.7 Å². The number of carbonyl (C=O) groups is 1. The molecule has 1 aromatic heterocycles. The number of aryl methyl sites for hydroxylation is 2. The fourth-order valence-corrected chi connectivity index (χ4v) is 3.00. The van der Waals surface area contributed by atoms with E-state index in [4.69, 9.17) is 4.74 Å². The molecule has 0 saturated heterocycles. The van der Waals surface area contributed by atoms with Crippen molar-refractivity contribution in [3.05, 3.63) is 65.5 Å². The lowest BCUT2D eigenvalue weighted by molar-refractivity contribution is -0.118. The molecule has 0 saturated carbocycles. The number of hydrogen-bond donors (Lipinski definition) is 2. The Hall–Kier alpha value is -2.80. The summed E-state index contributed by atoms with van der Waals surface area (Å²) in [6.45, 7) is 3.85. The number of carbonyl (C=O) groups excluding carboxylic acids is 1. The summed E-state index contributed by atoms with van der Waals surface area (Å²) >= 11 is 1.56. The minimum absolute atomic E-state index is 0.0230. The predicted octanol–water partition coefficient (Wildman–Crippen LogP) is 3.73. The molecule has 26 heavy (non-hydrogen) atoms. The van der Waals surface area contributed by atoms with Gasteiger partial charge in [0.15, 0.2) is 6.61 Å². The fourth-order valence-electron chi connectivity index (χ4n) is 2.20. The number of anilines is 1. The Bertz CT molecular complexity index is 860. The molecule has 0 aliphatic rings. The summed E-state index contributed by atoms with van der Waals surface area (Å²) in [6.07, 6.45) is 0. The lowest BCUT2D eigenvalue weighted by Crippen LogP contribution is -2.20. The van der Waals surface area contributed by atoms with E-state index in [9.17, 15) is 4.79 Å². The van der Waals surface area contributed by atoms with E-state index in [0.29, 0.717) is 5.75 Å². The van der Waals surface area contributed by atoms with Gasteiger partial charge in [-0.1, -0.05) is 41.6 Å². The van der Waals surface area contributed by atoms with Gasteiger partial charge in [0.25, 0.3) is 5.91 Å². The van der Waals surface area contributed by atoms with Crippen LogP contribution in [0, 0.1) is 13.8 Å². The number of amides is 1. The van der Waals surface area contributed by atoms with Gasteiger partial charge in [-0.3, -0.25) is 9.89 Å². The average molecular weight is 368 g/mol. The maximum Gasteiger partial charge on any atom is 0.262 e. The molecule has 0 bridgehead atoms. The van der Waals surface area contributed by atoms with Crippen LogP contribution in [-0.2, 0) is 10.5 Å². The topological polar surface area (TPSA) is 79.9 Å². The van der Waals surface area contributed by atoms with Crippen molar-refractivity contribution < 1.29 is 9.53 Å². The highest BCUT2D eigenvalue weighted by Gasteiger charge is 2.05. The lowest BCUT2D eigenvalue weighted by atomic mass is 10.2. The number of benzene rings is 2. The number of rotatable bonds is 7. The van der Waals surface area contributed by atoms with Crippen LogP contribution in [0.5, 0.6) is 5.75 Å². The van der Waals surface area contributed by atoms with Crippen molar-refractivity contribution in [1.82, 2.24) is 15.2 Å². The van der Waals surface area contributed by atoms with E-state index < -0.39 is 0 Å². The van der Waals surface area contributed by atoms with Crippen LogP contribution >= 0.6 is 11.8 Å². The molecular formula is C19H20N4O2S. The van der Waals surface area contributed by atoms with Gasteiger partial charge in [-0.05, 0) is 43.7 Å². The Morgan fingerprint density at radius 1 is 1.12 bits per heavy atom. The van der Waals surface area contributed by atoms with Crippen LogP contribution in [0.25, 0.3) is 0 Å². The molecule has 3 aromatic rings. The highest BCUT2D eigenvalue weighted by atomic mass is 32.2. The number of nitrogens with zero attached hydrogens (tertiary/aromatic N) is 2. The van der Waals surface area contributed by atoms with Gasteiger partial charge in [-0.2, -0.15) is 0 Å². The molecule has 1 amide bonds. The summed E-state index contributed by atoms with van der Waals surface area (Å²) in [6, 6.07) is 15.3. The van der Waals surface area contributed by atoms with E-state index in [1.54, 1.807) is 11.8 Å². The Morgan fingerprint density at radius 3 is 2.50 bits per heavy atom. The standard InChI is InChI=1S/C19H20N4O2S/c1-13-3-9-17(10-4-13)25-11-18(24)21-16-7-5-15(6-8-16)12-26-19-20-14(2)22-23-19/h3-10H,11-12H2,1-2H3,(H,21,24)(H,20,22,23). The second kappa shape index (κ2) is 8.53. The second-order valence-electron chi connectivity index (χ2n) is 5.84. The minimum atomic E-state index is -0.191. The Morgan fingerprint density at radius 2 is 1.85 bits per heavy atom. The highest BCUT2D eigenvalue weighted by molar-refractivity contribution is 7.98. The molecule has 0 spiro atoms. The van der Waals surface area contributed by atoms with Crippen LogP contribution < -0.4 is 10.1 Å². The fraction of sp³-hybridized carbons (Fsp3) is 0.211. The molecule has 0 atom stereocenters. The summed E-state index contributed by atoms with van der Waals surface area (Å²) in [4.78, 5) is 16.2. The predicted molar refractivity (Wildman–Crippen MR) is 102 cm³/mol. The summed E-state index contributed by atoms with van der Waals surface area (Å²) in [5, 5.41) is 10.5. The minimum Gasteiger partial charge on any atom is -0.484 e. The molecule has 0 unspecified atom stereocenters. The van der Waals surface area contributed by atoms with Gasteiger partial charge in [0.2, 0.25) is 5.16 Å². The lowest BCUT2D eigenvalue weighted by Gasteiger charge is -2.08. The molecule has 6 nitrogen and oxygen atoms in total. The highest BCUT2D eigenvalue weighted by Crippen LogP contribution is 2.20. The maximum atomic E-state index is 12.0. The average Bonchev–Trinajstić information content (AvgIpc) is 3.06. The molecule has 0 fully saturated rings. The van der Waals surface area contributed by atoms with Crippen LogP contribution in [0.4, 0.5) is 5.69 Å². The maximum absolute atomic E-state index is 12.0. The zero-order chi connectivity index (χ0) is 18.4. The zero-order valence-corrected chi connectivity index (χ0v) is 15.5. The van der Waals surface area contributed by atoms with Crippen LogP contribution in [-0.4, -0.2) is 27.7 Å². The van der Waals surface area contributed by atoms with Gasteiger partial charge in [0.1, 0.15) is 11.6 Å². The second-order valence-corrected chi connectivity index (χ2v) is 6.78. The number of nitrogens with one attached hydrogen (secondary N) is 2. The van der Waals surface area contributed by atoms with Crippen molar-refractivity contribution in [3.8, 4) is 5.75 Å². The van der Waals surface area contributed by atoms with E-state index >= 15 is 0 Å². The number of thioether (sulfide) groups is 1. The first-order valence-corrected chi connectivity index (χ1v) is 9.17. The molecular weight excluding hydrogens is 348 g/mol. The number of aromatic amines is 1. The van der Waals surface area contributed by atoms with Crippen molar-refractivity contribution >= 4 is 23.4 Å². The third-order valence-electron chi connectivity index (χ3n) is 3.57. The Labute approximate surface area is 156 Å². The Kier molecular flexibility index (Phi) is 5.91. The van der Waals surface area contributed by atoms with Crippen molar-refractivity contribution in [2.75, 3.05) is 11.9 Å². The first-order chi connectivity index (χ1) is 12.6. The number of ether oxygens (including phenoxy) is 1. The largest absolute Gasteiger partial charge is 0.484 e. The zero-order valence-electron chi connectivity index (χ0n) is 14.7. The summed E-state index contributed by atoms with van der Waals surface area (Å²) < 4.78 is 5.48. The van der Waals surface area contributed by atoms with Crippen molar-refractivity contribution in [2.24, 2.45) is 0 Å². The SMILES string of the molecule is Cc1ccc(OCC(=O)Nc2ccc(CSc3n[nH]c(C)n3)cc2)cc1. The van der Waals surface area contributed by atoms with Crippen LogP contribution in [0.1, 0.15) is 17.0 Å². The monoisotopic (exact) mass is 368 g/mol. The van der Waals surface area contributed by atoms with Gasteiger partial charge in [0, 0.05) is 11.4 Å². The van der Waals surface area contributed by atoms with E-state index in [1.807, 2.05) is 62.4 Å². The van der Waals surface area contributed by atoms with Crippen molar-refractivity contribution in [2.45, 2.75) is 24.8 Å². The van der Waals surface area contributed by atoms with Crippen LogP contribution in [0.2, 0.25) is 0 Å². The van der Waals surface area contributed by atoms with E-state index in [2.05, 4.69) is 20.5 Å². The van der Waals surface area contributed by atoms with Gasteiger partial charge < -0.3 is 10.1 Å². The summed E-state index contributed by atoms with van der Waals surface area (Å²) in [5.41, 5.74) is 3.02. The molecule has 0 aliphatic heterocycles. The third kappa shape index (κ3) is 5.35. The Balaban J connectivity index is 1.45. The molecule has 0 aliphatic carbocycles. The number of H-pyrrole nitrogens is 1. The number of hydrogen-bond acceptors (Lipinski definition) is 5. The quantitative estimate of drug-likeness (QED) is 0.621. The molecule has 3 rings (SSSR count). The van der Waals surface area contributed by atoms with Crippen molar-refractivity contribution in [1.29, 1.82) is 0 Å². The molecule has 2 N–H and O–H groups in total. The molecule has 2 aromatic carbocycles. The smallest absolute Gasteiger partial charge is 0.262 e. The molecule has 134 valence electrons. The van der Waals surface area contributed by atoms with Gasteiger partial charge in [0.05, 0.1) is 0 Å². The number of aromatic nitrogens is 3. The van der Waals surface area contributed by atoms with Gasteiger partial charge in [-0.25, -0.2) is 4.98 Å². The normalized spacial score (nSPS) is 10.5. The summed E-state index contributed by atoms with van der Waals surface area (Å²) in [5.74, 6) is 2.06. The van der Waals surface area contributed by atoms with Gasteiger partial charge >= 0.3 is 0 Å². The third-order valence-corrected chi connectivity index (χ3v) is 4.49. The first-order valence-electron chi connectivity index (χ1n) is 8.18. The molecule has 0 radical (unpaired) electrons.